The van der Waals surface area contributed by atoms with Gasteiger partial charge in [-0.1, -0.05) is 12.8 Å². The first-order valence-electron chi connectivity index (χ1n) is 9.43. The second-order valence-corrected chi connectivity index (χ2v) is 8.33. The number of halogens is 3. The van der Waals surface area contributed by atoms with Crippen LogP contribution in [-0.2, 0) is 6.18 Å². The Morgan fingerprint density at radius 1 is 1.15 bits per heavy atom. The van der Waals surface area contributed by atoms with Gasteiger partial charge in [-0.05, 0) is 25.7 Å². The summed E-state index contributed by atoms with van der Waals surface area (Å²) in [5, 5.41) is 23.8. The highest BCUT2D eigenvalue weighted by molar-refractivity contribution is 5.93. The van der Waals surface area contributed by atoms with Crippen LogP contribution in [0.25, 0.3) is 0 Å². The van der Waals surface area contributed by atoms with E-state index in [9.17, 15) is 28.2 Å². The standard InChI is InChI=1S/C18H24F3N3O3/c19-18(20,21)14-7-13(24(22-14)12-3-4-12)15(27)23-8-16(10-25)5-1-2-6-17(16,9-23)11-26/h7,12,25-26H,1-6,8-11H2/t16-,17+. The van der Waals surface area contributed by atoms with Crippen LogP contribution in [0.4, 0.5) is 13.2 Å². The summed E-state index contributed by atoms with van der Waals surface area (Å²) >= 11 is 0. The number of aromatic nitrogens is 2. The van der Waals surface area contributed by atoms with Crippen LogP contribution in [0, 0.1) is 10.8 Å². The quantitative estimate of drug-likeness (QED) is 0.831. The number of aliphatic hydroxyl groups excluding tert-OH is 2. The average Bonchev–Trinajstić information content (AvgIpc) is 3.27. The van der Waals surface area contributed by atoms with Crippen LogP contribution in [0.3, 0.4) is 0 Å². The second kappa shape index (κ2) is 6.20. The van der Waals surface area contributed by atoms with Crippen molar-refractivity contribution in [1.29, 1.82) is 0 Å². The van der Waals surface area contributed by atoms with E-state index in [0.717, 1.165) is 18.9 Å². The summed E-state index contributed by atoms with van der Waals surface area (Å²) in [5.41, 5.74) is -2.28. The topological polar surface area (TPSA) is 78.6 Å². The third kappa shape index (κ3) is 2.86. The minimum atomic E-state index is -4.60. The Hall–Kier alpha value is -1.61. The molecule has 3 aliphatic rings. The maximum atomic E-state index is 13.1. The van der Waals surface area contributed by atoms with E-state index in [0.29, 0.717) is 25.7 Å². The van der Waals surface area contributed by atoms with Crippen LogP contribution < -0.4 is 0 Å². The molecule has 6 nitrogen and oxygen atoms in total. The number of carbonyl (C=O) groups excluding carboxylic acids is 1. The Bertz CT molecular complexity index is 724. The van der Waals surface area contributed by atoms with Crippen molar-refractivity contribution in [2.24, 2.45) is 10.8 Å². The third-order valence-electron chi connectivity index (χ3n) is 6.70. The minimum absolute atomic E-state index is 0.0512. The molecule has 1 saturated heterocycles. The van der Waals surface area contributed by atoms with Gasteiger partial charge in [0, 0.05) is 30.0 Å². The van der Waals surface area contributed by atoms with Gasteiger partial charge in [0.25, 0.3) is 5.91 Å². The summed E-state index contributed by atoms with van der Waals surface area (Å²) in [7, 11) is 0. The van der Waals surface area contributed by atoms with E-state index in [4.69, 9.17) is 0 Å². The first kappa shape index (κ1) is 18.7. The molecule has 1 amide bonds. The van der Waals surface area contributed by atoms with Gasteiger partial charge in [-0.15, -0.1) is 0 Å². The summed E-state index contributed by atoms with van der Waals surface area (Å²) < 4.78 is 40.5. The summed E-state index contributed by atoms with van der Waals surface area (Å²) in [6, 6.07) is 0.670. The van der Waals surface area contributed by atoms with Gasteiger partial charge in [0.15, 0.2) is 5.69 Å². The van der Waals surface area contributed by atoms with Crippen LogP contribution in [0.15, 0.2) is 6.07 Å². The molecule has 1 aliphatic heterocycles. The molecule has 2 atom stereocenters. The normalized spacial score (nSPS) is 31.2. The smallest absolute Gasteiger partial charge is 0.396 e. The molecule has 1 aromatic heterocycles. The lowest BCUT2D eigenvalue weighted by atomic mass is 9.58. The molecule has 2 aliphatic carbocycles. The maximum absolute atomic E-state index is 13.1. The summed E-state index contributed by atoms with van der Waals surface area (Å²) in [6.45, 7) is 0.209. The van der Waals surface area contributed by atoms with Gasteiger partial charge in [-0.2, -0.15) is 18.3 Å². The molecule has 2 N–H and O–H groups in total. The van der Waals surface area contributed by atoms with Crippen LogP contribution in [0.5, 0.6) is 0 Å². The van der Waals surface area contributed by atoms with E-state index in [1.54, 1.807) is 0 Å². The summed E-state index contributed by atoms with van der Waals surface area (Å²) in [5.74, 6) is -0.500. The Kier molecular flexibility index (Phi) is 4.30. The summed E-state index contributed by atoms with van der Waals surface area (Å²) in [6.07, 6.45) is 0.0197. The van der Waals surface area contributed by atoms with E-state index >= 15 is 0 Å². The predicted octanol–water partition coefficient (Wildman–Crippen LogP) is 2.22. The zero-order valence-electron chi connectivity index (χ0n) is 15.0. The van der Waals surface area contributed by atoms with E-state index in [-0.39, 0.29) is 38.0 Å². The maximum Gasteiger partial charge on any atom is 0.435 e. The number of aliphatic hydroxyl groups is 2. The van der Waals surface area contributed by atoms with Crippen molar-refractivity contribution in [1.82, 2.24) is 14.7 Å². The molecule has 150 valence electrons. The lowest BCUT2D eigenvalue weighted by Crippen LogP contribution is -2.48. The highest BCUT2D eigenvalue weighted by Crippen LogP contribution is 2.55. The zero-order valence-corrected chi connectivity index (χ0v) is 15.0. The molecule has 1 aromatic rings. The Morgan fingerprint density at radius 3 is 2.15 bits per heavy atom. The lowest BCUT2D eigenvalue weighted by Gasteiger charge is -2.46. The molecule has 4 rings (SSSR count). The predicted molar refractivity (Wildman–Crippen MR) is 88.9 cm³/mol. The number of amides is 1. The monoisotopic (exact) mass is 387 g/mol. The SMILES string of the molecule is O=C(c1cc(C(F)(F)F)nn1C1CC1)N1C[C@]2(CO)CCCC[C@]2(CO)C1. The van der Waals surface area contributed by atoms with E-state index < -0.39 is 28.6 Å². The molecule has 2 heterocycles. The highest BCUT2D eigenvalue weighted by Gasteiger charge is 2.59. The number of carbonyl (C=O) groups is 1. The molecular formula is C18H24F3N3O3. The van der Waals surface area contributed by atoms with Gasteiger partial charge >= 0.3 is 6.18 Å². The Labute approximate surface area is 155 Å². The summed E-state index contributed by atoms with van der Waals surface area (Å²) in [4.78, 5) is 14.6. The van der Waals surface area contributed by atoms with Crippen LogP contribution >= 0.6 is 0 Å². The second-order valence-electron chi connectivity index (χ2n) is 8.33. The largest absolute Gasteiger partial charge is 0.435 e. The molecule has 2 saturated carbocycles. The van der Waals surface area contributed by atoms with Gasteiger partial charge in [0.05, 0.1) is 19.3 Å². The fraction of sp³-hybridized carbons (Fsp3) is 0.778. The Balaban J connectivity index is 1.67. The number of hydrogen-bond acceptors (Lipinski definition) is 4. The molecule has 3 fully saturated rings. The molecule has 0 radical (unpaired) electrons. The van der Waals surface area contributed by atoms with Crippen molar-refractivity contribution in [2.75, 3.05) is 26.3 Å². The minimum Gasteiger partial charge on any atom is -0.396 e. The van der Waals surface area contributed by atoms with Crippen molar-refractivity contribution in [3.05, 3.63) is 17.5 Å². The highest BCUT2D eigenvalue weighted by atomic mass is 19.4. The number of likely N-dealkylation sites (tertiary alicyclic amines) is 1. The fourth-order valence-electron chi connectivity index (χ4n) is 4.93. The molecule has 0 spiro atoms. The van der Waals surface area contributed by atoms with Crippen molar-refractivity contribution in [3.8, 4) is 0 Å². The molecular weight excluding hydrogens is 363 g/mol. The average molecular weight is 387 g/mol. The number of rotatable bonds is 4. The molecule has 0 aromatic carbocycles. The van der Waals surface area contributed by atoms with Gasteiger partial charge in [0.1, 0.15) is 5.69 Å². The van der Waals surface area contributed by atoms with Crippen molar-refractivity contribution in [2.45, 2.75) is 50.7 Å². The molecule has 9 heteroatoms. The molecule has 0 unspecified atom stereocenters. The van der Waals surface area contributed by atoms with E-state index in [1.807, 2.05) is 0 Å². The first-order chi connectivity index (χ1) is 12.8. The third-order valence-corrected chi connectivity index (χ3v) is 6.70. The van der Waals surface area contributed by atoms with Gasteiger partial charge < -0.3 is 15.1 Å². The van der Waals surface area contributed by atoms with E-state index in [1.165, 1.54) is 9.58 Å². The van der Waals surface area contributed by atoms with Crippen LogP contribution in [0.1, 0.15) is 60.7 Å². The van der Waals surface area contributed by atoms with Gasteiger partial charge in [-0.3, -0.25) is 9.48 Å². The van der Waals surface area contributed by atoms with Crippen molar-refractivity contribution < 1.29 is 28.2 Å². The number of nitrogens with zero attached hydrogens (tertiary/aromatic N) is 3. The molecule has 0 bridgehead atoms. The van der Waals surface area contributed by atoms with Gasteiger partial charge in [-0.25, -0.2) is 0 Å². The van der Waals surface area contributed by atoms with Gasteiger partial charge in [0.2, 0.25) is 0 Å². The first-order valence-corrected chi connectivity index (χ1v) is 9.43. The number of alkyl halides is 3. The zero-order chi connectivity index (χ0) is 19.4. The van der Waals surface area contributed by atoms with Crippen molar-refractivity contribution >= 4 is 5.91 Å². The fourth-order valence-corrected chi connectivity index (χ4v) is 4.93. The number of hydrogen-bond donors (Lipinski definition) is 2. The lowest BCUT2D eigenvalue weighted by molar-refractivity contribution is -0.141. The van der Waals surface area contributed by atoms with Crippen molar-refractivity contribution in [3.63, 3.8) is 0 Å². The number of fused-ring (bicyclic) bond motifs is 1. The molecule has 27 heavy (non-hydrogen) atoms. The van der Waals surface area contributed by atoms with Crippen LogP contribution in [-0.4, -0.2) is 57.1 Å². The van der Waals surface area contributed by atoms with Crippen LogP contribution in [0.2, 0.25) is 0 Å². The van der Waals surface area contributed by atoms with E-state index in [2.05, 4.69) is 5.10 Å². The Morgan fingerprint density at radius 2 is 1.70 bits per heavy atom.